The van der Waals surface area contributed by atoms with Gasteiger partial charge >= 0.3 is 5.97 Å². The monoisotopic (exact) mass is 437 g/mol. The predicted octanol–water partition coefficient (Wildman–Crippen LogP) is 4.31. The molecule has 4 rings (SSSR count). The minimum Gasteiger partial charge on any atom is -0.478 e. The van der Waals surface area contributed by atoms with Crippen molar-refractivity contribution < 1.29 is 14.7 Å². The van der Waals surface area contributed by atoms with Gasteiger partial charge in [0.25, 0.3) is 5.91 Å². The van der Waals surface area contributed by atoms with Crippen LogP contribution in [0.25, 0.3) is 11.0 Å². The highest BCUT2D eigenvalue weighted by Gasteiger charge is 2.20. The number of rotatable bonds is 7. The van der Waals surface area contributed by atoms with Crippen LogP contribution in [0.3, 0.4) is 0 Å². The van der Waals surface area contributed by atoms with E-state index >= 15 is 0 Å². The van der Waals surface area contributed by atoms with Gasteiger partial charge in [-0.2, -0.15) is 11.8 Å². The highest BCUT2D eigenvalue weighted by molar-refractivity contribution is 7.99. The average molecular weight is 438 g/mol. The SMILES string of the molecule is CCCCc1nc2ccc(C(=O)N3CCSCC3)cc2n1Cc1ccc(C(=O)O)cc1. The van der Waals surface area contributed by atoms with Crippen LogP contribution in [0.1, 0.15) is 51.9 Å². The first-order chi connectivity index (χ1) is 15.1. The molecule has 0 unspecified atom stereocenters. The number of carboxylic acids is 1. The van der Waals surface area contributed by atoms with Crippen LogP contribution in [0.2, 0.25) is 0 Å². The van der Waals surface area contributed by atoms with E-state index in [0.29, 0.717) is 12.1 Å². The number of benzene rings is 2. The molecule has 0 spiro atoms. The molecule has 2 heterocycles. The molecule has 162 valence electrons. The summed E-state index contributed by atoms with van der Waals surface area (Å²) in [5.41, 5.74) is 3.82. The largest absolute Gasteiger partial charge is 0.478 e. The molecular formula is C24H27N3O3S. The summed E-state index contributed by atoms with van der Waals surface area (Å²) in [5, 5.41) is 9.15. The molecule has 0 aliphatic carbocycles. The van der Waals surface area contributed by atoms with Crippen molar-refractivity contribution >= 4 is 34.7 Å². The number of aromatic nitrogens is 2. The minimum atomic E-state index is -0.928. The van der Waals surface area contributed by atoms with Gasteiger partial charge < -0.3 is 14.6 Å². The third-order valence-corrected chi connectivity index (χ3v) is 6.61. The Labute approximate surface area is 186 Å². The van der Waals surface area contributed by atoms with Crippen molar-refractivity contribution in [1.82, 2.24) is 14.5 Å². The Bertz CT molecular complexity index is 1090. The summed E-state index contributed by atoms with van der Waals surface area (Å²) in [5.74, 6) is 2.12. The van der Waals surface area contributed by atoms with E-state index < -0.39 is 5.97 Å². The molecule has 7 heteroatoms. The normalized spacial score (nSPS) is 14.2. The van der Waals surface area contributed by atoms with Crippen LogP contribution in [0.15, 0.2) is 42.5 Å². The summed E-state index contributed by atoms with van der Waals surface area (Å²) in [7, 11) is 0. The van der Waals surface area contributed by atoms with Crippen LogP contribution in [0.4, 0.5) is 0 Å². The Morgan fingerprint density at radius 3 is 2.45 bits per heavy atom. The van der Waals surface area contributed by atoms with Gasteiger partial charge in [0.15, 0.2) is 0 Å². The van der Waals surface area contributed by atoms with Crippen molar-refractivity contribution in [3.8, 4) is 0 Å². The van der Waals surface area contributed by atoms with Crippen molar-refractivity contribution in [2.75, 3.05) is 24.6 Å². The summed E-state index contributed by atoms with van der Waals surface area (Å²) < 4.78 is 2.17. The van der Waals surface area contributed by atoms with Crippen molar-refractivity contribution in [3.63, 3.8) is 0 Å². The minimum absolute atomic E-state index is 0.0795. The highest BCUT2D eigenvalue weighted by atomic mass is 32.2. The van der Waals surface area contributed by atoms with E-state index in [2.05, 4.69) is 11.5 Å². The second-order valence-corrected chi connectivity index (χ2v) is 9.05. The molecule has 0 bridgehead atoms. The number of carboxylic acid groups (broad SMARTS) is 1. The van der Waals surface area contributed by atoms with Gasteiger partial charge in [-0.3, -0.25) is 4.79 Å². The molecule has 1 fully saturated rings. The number of amides is 1. The molecule has 1 aliphatic rings. The molecule has 31 heavy (non-hydrogen) atoms. The maximum atomic E-state index is 13.0. The first-order valence-corrected chi connectivity index (χ1v) is 11.9. The Balaban J connectivity index is 1.69. The molecule has 0 radical (unpaired) electrons. The van der Waals surface area contributed by atoms with E-state index in [1.165, 1.54) is 0 Å². The summed E-state index contributed by atoms with van der Waals surface area (Å²) in [6.45, 7) is 4.33. The summed E-state index contributed by atoms with van der Waals surface area (Å²) >= 11 is 1.89. The molecule has 1 N–H and O–H groups in total. The highest BCUT2D eigenvalue weighted by Crippen LogP contribution is 2.23. The molecule has 0 saturated carbocycles. The number of carbonyl (C=O) groups is 2. The topological polar surface area (TPSA) is 75.4 Å². The fourth-order valence-corrected chi connectivity index (χ4v) is 4.80. The standard InChI is InChI=1S/C24H27N3O3S/c1-2-3-4-22-25-20-10-9-19(23(28)26-11-13-31-14-12-26)15-21(20)27(22)16-17-5-7-18(8-6-17)24(29)30/h5-10,15H,2-4,11-14,16H2,1H3,(H,29,30). The maximum absolute atomic E-state index is 13.0. The fraction of sp³-hybridized carbons (Fsp3) is 0.375. The molecule has 0 atom stereocenters. The number of thioether (sulfide) groups is 1. The van der Waals surface area contributed by atoms with Gasteiger partial charge in [-0.05, 0) is 42.3 Å². The van der Waals surface area contributed by atoms with Gasteiger partial charge in [0.05, 0.1) is 16.6 Å². The zero-order chi connectivity index (χ0) is 21.8. The van der Waals surface area contributed by atoms with E-state index in [4.69, 9.17) is 10.1 Å². The van der Waals surface area contributed by atoms with Crippen LogP contribution in [0, 0.1) is 0 Å². The van der Waals surface area contributed by atoms with E-state index in [1.807, 2.05) is 47.0 Å². The molecule has 6 nitrogen and oxygen atoms in total. The lowest BCUT2D eigenvalue weighted by molar-refractivity contribution is 0.0696. The van der Waals surface area contributed by atoms with Gasteiger partial charge in [0, 0.05) is 43.1 Å². The molecule has 1 aromatic heterocycles. The number of fused-ring (bicyclic) bond motifs is 1. The van der Waals surface area contributed by atoms with Crippen molar-refractivity contribution in [2.45, 2.75) is 32.7 Å². The Hall–Kier alpha value is -2.80. The van der Waals surface area contributed by atoms with Gasteiger partial charge in [-0.15, -0.1) is 0 Å². The number of nitrogens with zero attached hydrogens (tertiary/aromatic N) is 3. The van der Waals surface area contributed by atoms with Crippen LogP contribution < -0.4 is 0 Å². The van der Waals surface area contributed by atoms with Crippen LogP contribution >= 0.6 is 11.8 Å². The van der Waals surface area contributed by atoms with E-state index in [1.54, 1.807) is 12.1 Å². The number of hydrogen-bond acceptors (Lipinski definition) is 4. The smallest absolute Gasteiger partial charge is 0.335 e. The molecule has 1 aliphatic heterocycles. The lowest BCUT2D eigenvalue weighted by Crippen LogP contribution is -2.37. The second kappa shape index (κ2) is 9.56. The number of unbranched alkanes of at least 4 members (excludes halogenated alkanes) is 1. The summed E-state index contributed by atoms with van der Waals surface area (Å²) in [6, 6.07) is 12.7. The van der Waals surface area contributed by atoms with Gasteiger partial charge in [-0.25, -0.2) is 9.78 Å². The van der Waals surface area contributed by atoms with Crippen molar-refractivity contribution in [1.29, 1.82) is 0 Å². The van der Waals surface area contributed by atoms with Gasteiger partial charge in [-0.1, -0.05) is 25.5 Å². The third kappa shape index (κ3) is 4.77. The Morgan fingerprint density at radius 1 is 1.06 bits per heavy atom. The summed E-state index contributed by atoms with van der Waals surface area (Å²) in [4.78, 5) is 31.0. The van der Waals surface area contributed by atoms with Crippen molar-refractivity contribution in [2.24, 2.45) is 0 Å². The quantitative estimate of drug-likeness (QED) is 0.596. The second-order valence-electron chi connectivity index (χ2n) is 7.83. The number of aromatic carboxylic acids is 1. The van der Waals surface area contributed by atoms with Crippen LogP contribution in [-0.4, -0.2) is 56.0 Å². The van der Waals surface area contributed by atoms with E-state index in [9.17, 15) is 9.59 Å². The van der Waals surface area contributed by atoms with Crippen LogP contribution in [-0.2, 0) is 13.0 Å². The molecular weight excluding hydrogens is 410 g/mol. The van der Waals surface area contributed by atoms with Gasteiger partial charge in [0.1, 0.15) is 5.82 Å². The van der Waals surface area contributed by atoms with Crippen molar-refractivity contribution in [3.05, 3.63) is 65.0 Å². The number of hydrogen-bond donors (Lipinski definition) is 1. The first-order valence-electron chi connectivity index (χ1n) is 10.7. The molecule has 1 saturated heterocycles. The molecule has 2 aromatic carbocycles. The fourth-order valence-electron chi connectivity index (χ4n) is 3.89. The summed E-state index contributed by atoms with van der Waals surface area (Å²) in [6.07, 6.45) is 2.98. The van der Waals surface area contributed by atoms with E-state index in [-0.39, 0.29) is 11.5 Å². The lowest BCUT2D eigenvalue weighted by Gasteiger charge is -2.26. The lowest BCUT2D eigenvalue weighted by atomic mass is 10.1. The Kier molecular flexibility index (Phi) is 6.61. The Morgan fingerprint density at radius 2 is 1.77 bits per heavy atom. The van der Waals surface area contributed by atoms with Gasteiger partial charge in [0.2, 0.25) is 0 Å². The number of aryl methyl sites for hydroxylation is 1. The zero-order valence-corrected chi connectivity index (χ0v) is 18.5. The van der Waals surface area contributed by atoms with Crippen LogP contribution in [0.5, 0.6) is 0 Å². The predicted molar refractivity (Wildman–Crippen MR) is 124 cm³/mol. The molecule has 3 aromatic rings. The number of carbonyl (C=O) groups excluding carboxylic acids is 1. The molecule has 1 amide bonds. The average Bonchev–Trinajstić information content (AvgIpc) is 3.14. The zero-order valence-electron chi connectivity index (χ0n) is 17.7. The van der Waals surface area contributed by atoms with E-state index in [0.717, 1.165) is 66.3 Å². The first kappa shape index (κ1) is 21.4. The number of imidazole rings is 1. The third-order valence-electron chi connectivity index (χ3n) is 5.67. The maximum Gasteiger partial charge on any atom is 0.335 e.